The van der Waals surface area contributed by atoms with Gasteiger partial charge in [-0.1, -0.05) is 23.7 Å². The first-order chi connectivity index (χ1) is 14.0. The van der Waals surface area contributed by atoms with Gasteiger partial charge in [0.25, 0.3) is 0 Å². The van der Waals surface area contributed by atoms with Gasteiger partial charge < -0.3 is 15.0 Å². The van der Waals surface area contributed by atoms with Crippen LogP contribution in [0.3, 0.4) is 0 Å². The predicted molar refractivity (Wildman–Crippen MR) is 112 cm³/mol. The normalized spacial score (nSPS) is 10.8. The molecular formula is C22H16ClN3O3. The fraction of sp³-hybridized carbons (Fsp3) is 0.0455. The Morgan fingerprint density at radius 2 is 1.66 bits per heavy atom. The van der Waals surface area contributed by atoms with E-state index in [9.17, 15) is 9.59 Å². The van der Waals surface area contributed by atoms with Gasteiger partial charge in [-0.3, -0.25) is 4.79 Å². The van der Waals surface area contributed by atoms with E-state index in [0.717, 1.165) is 16.6 Å². The minimum absolute atomic E-state index is 0.0547. The minimum Gasteiger partial charge on any atom is -0.478 e. The molecular weight excluding hydrogens is 390 g/mol. The lowest BCUT2D eigenvalue weighted by Gasteiger charge is -2.10. The van der Waals surface area contributed by atoms with Crippen molar-refractivity contribution in [1.29, 1.82) is 0 Å². The van der Waals surface area contributed by atoms with Gasteiger partial charge in [-0.2, -0.15) is 0 Å². The van der Waals surface area contributed by atoms with Gasteiger partial charge in [-0.15, -0.1) is 0 Å². The van der Waals surface area contributed by atoms with Crippen LogP contribution >= 0.6 is 11.6 Å². The Morgan fingerprint density at radius 1 is 0.966 bits per heavy atom. The highest BCUT2D eigenvalue weighted by Gasteiger charge is 2.15. The lowest BCUT2D eigenvalue weighted by molar-refractivity contribution is -0.116. The highest BCUT2D eigenvalue weighted by molar-refractivity contribution is 6.30. The molecule has 0 spiro atoms. The number of aromatic carboxylic acids is 1. The van der Waals surface area contributed by atoms with Crippen LogP contribution in [0.15, 0.2) is 72.8 Å². The molecule has 4 rings (SSSR count). The van der Waals surface area contributed by atoms with E-state index in [2.05, 4.69) is 10.3 Å². The third kappa shape index (κ3) is 3.97. The van der Waals surface area contributed by atoms with E-state index in [-0.39, 0.29) is 18.0 Å². The number of carboxylic acids is 1. The number of fused-ring (bicyclic) bond motifs is 1. The van der Waals surface area contributed by atoms with E-state index in [0.29, 0.717) is 16.5 Å². The predicted octanol–water partition coefficient (Wildman–Crippen LogP) is 4.69. The molecule has 144 valence electrons. The maximum absolute atomic E-state index is 12.7. The van der Waals surface area contributed by atoms with Crippen molar-refractivity contribution in [3.63, 3.8) is 0 Å². The number of rotatable bonds is 5. The highest BCUT2D eigenvalue weighted by atomic mass is 35.5. The summed E-state index contributed by atoms with van der Waals surface area (Å²) >= 11 is 5.99. The summed E-state index contributed by atoms with van der Waals surface area (Å²) in [7, 11) is 0. The summed E-state index contributed by atoms with van der Waals surface area (Å²) in [6.07, 6.45) is 0. The van der Waals surface area contributed by atoms with Crippen molar-refractivity contribution in [1.82, 2.24) is 9.55 Å². The molecule has 0 saturated heterocycles. The number of halogens is 1. The van der Waals surface area contributed by atoms with Gasteiger partial charge in [-0.25, -0.2) is 9.78 Å². The van der Waals surface area contributed by atoms with Crippen LogP contribution in [0.25, 0.3) is 22.4 Å². The third-order valence-corrected chi connectivity index (χ3v) is 4.73. The Balaban J connectivity index is 1.64. The summed E-state index contributed by atoms with van der Waals surface area (Å²) in [4.78, 5) is 28.3. The molecule has 0 fully saturated rings. The summed E-state index contributed by atoms with van der Waals surface area (Å²) < 4.78 is 1.85. The van der Waals surface area contributed by atoms with Crippen molar-refractivity contribution in [2.75, 3.05) is 5.32 Å². The molecule has 0 bridgehead atoms. The molecule has 0 unspecified atom stereocenters. The van der Waals surface area contributed by atoms with Crippen LogP contribution in [0.1, 0.15) is 10.4 Å². The lowest BCUT2D eigenvalue weighted by atomic mass is 10.2. The van der Waals surface area contributed by atoms with Gasteiger partial charge in [0.15, 0.2) is 0 Å². The number of carbonyl (C=O) groups is 2. The number of anilines is 1. The van der Waals surface area contributed by atoms with Crippen molar-refractivity contribution in [2.24, 2.45) is 0 Å². The standard InChI is InChI=1S/C22H16ClN3O3/c23-16-9-5-14(6-10-16)21-25-18-3-1-2-4-19(18)26(21)13-20(27)24-17-11-7-15(8-12-17)22(28)29/h1-12H,13H2,(H,24,27)(H,28,29). The summed E-state index contributed by atoms with van der Waals surface area (Å²) in [6.45, 7) is 0.0547. The SMILES string of the molecule is O=C(Cn1c(-c2ccc(Cl)cc2)nc2ccccc21)Nc1ccc(C(=O)O)cc1. The van der Waals surface area contributed by atoms with Crippen LogP contribution in [0.4, 0.5) is 5.69 Å². The molecule has 1 aromatic heterocycles. The number of hydrogen-bond donors (Lipinski definition) is 2. The second-order valence-electron chi connectivity index (χ2n) is 6.45. The van der Waals surface area contributed by atoms with Crippen LogP contribution in [-0.2, 0) is 11.3 Å². The van der Waals surface area contributed by atoms with Crippen LogP contribution in [0.5, 0.6) is 0 Å². The Kier molecular flexibility index (Phi) is 5.01. The van der Waals surface area contributed by atoms with E-state index >= 15 is 0 Å². The Hall–Kier alpha value is -3.64. The second-order valence-corrected chi connectivity index (χ2v) is 6.88. The summed E-state index contributed by atoms with van der Waals surface area (Å²) in [5.41, 5.74) is 3.17. The van der Waals surface area contributed by atoms with Gasteiger partial charge in [-0.05, 0) is 60.7 Å². The average Bonchev–Trinajstić information content (AvgIpc) is 3.07. The van der Waals surface area contributed by atoms with Crippen molar-refractivity contribution < 1.29 is 14.7 Å². The molecule has 3 aromatic carbocycles. The van der Waals surface area contributed by atoms with E-state index < -0.39 is 5.97 Å². The first-order valence-corrected chi connectivity index (χ1v) is 9.23. The zero-order chi connectivity index (χ0) is 20.4. The van der Waals surface area contributed by atoms with Crippen molar-refractivity contribution in [2.45, 2.75) is 6.54 Å². The average molecular weight is 406 g/mol. The summed E-state index contributed by atoms with van der Waals surface area (Å²) in [5.74, 6) is -0.592. The highest BCUT2D eigenvalue weighted by Crippen LogP contribution is 2.26. The Labute approximate surface area is 171 Å². The molecule has 2 N–H and O–H groups in total. The number of amides is 1. The van der Waals surface area contributed by atoms with Crippen LogP contribution in [-0.4, -0.2) is 26.5 Å². The molecule has 7 heteroatoms. The third-order valence-electron chi connectivity index (χ3n) is 4.47. The smallest absolute Gasteiger partial charge is 0.335 e. The molecule has 0 atom stereocenters. The van der Waals surface area contributed by atoms with Crippen LogP contribution in [0.2, 0.25) is 5.02 Å². The molecule has 0 aliphatic heterocycles. The molecule has 0 radical (unpaired) electrons. The number of hydrogen-bond acceptors (Lipinski definition) is 3. The van der Waals surface area contributed by atoms with Crippen molar-refractivity contribution in [3.05, 3.63) is 83.4 Å². The summed E-state index contributed by atoms with van der Waals surface area (Å²) in [6, 6.07) is 20.9. The molecule has 0 aliphatic rings. The quantitative estimate of drug-likeness (QED) is 0.504. The van der Waals surface area contributed by atoms with E-state index in [4.69, 9.17) is 16.7 Å². The molecule has 1 heterocycles. The largest absolute Gasteiger partial charge is 0.478 e. The fourth-order valence-electron chi connectivity index (χ4n) is 3.10. The molecule has 4 aromatic rings. The zero-order valence-corrected chi connectivity index (χ0v) is 15.9. The summed E-state index contributed by atoms with van der Waals surface area (Å²) in [5, 5.41) is 12.4. The number of nitrogens with one attached hydrogen (secondary N) is 1. The number of benzene rings is 3. The molecule has 1 amide bonds. The van der Waals surface area contributed by atoms with Crippen LogP contribution in [0, 0.1) is 0 Å². The second kappa shape index (κ2) is 7.77. The molecule has 0 aliphatic carbocycles. The van der Waals surface area contributed by atoms with E-state index in [1.807, 2.05) is 41.0 Å². The molecule has 0 saturated carbocycles. The Bertz CT molecular complexity index is 1200. The first kappa shape index (κ1) is 18.7. The van der Waals surface area contributed by atoms with Gasteiger partial charge in [0.05, 0.1) is 16.6 Å². The molecule has 6 nitrogen and oxygen atoms in total. The van der Waals surface area contributed by atoms with Crippen molar-refractivity contribution in [3.8, 4) is 11.4 Å². The number of carboxylic acid groups (broad SMARTS) is 1. The van der Waals surface area contributed by atoms with Gasteiger partial charge in [0, 0.05) is 16.3 Å². The molecule has 29 heavy (non-hydrogen) atoms. The van der Waals surface area contributed by atoms with Gasteiger partial charge >= 0.3 is 5.97 Å². The maximum Gasteiger partial charge on any atom is 0.335 e. The van der Waals surface area contributed by atoms with E-state index in [1.54, 1.807) is 24.3 Å². The number of nitrogens with zero attached hydrogens (tertiary/aromatic N) is 2. The topological polar surface area (TPSA) is 84.2 Å². The van der Waals surface area contributed by atoms with E-state index in [1.165, 1.54) is 12.1 Å². The zero-order valence-electron chi connectivity index (χ0n) is 15.2. The monoisotopic (exact) mass is 405 g/mol. The first-order valence-electron chi connectivity index (χ1n) is 8.86. The number of aromatic nitrogens is 2. The number of imidazole rings is 1. The number of carbonyl (C=O) groups excluding carboxylic acids is 1. The van der Waals surface area contributed by atoms with Gasteiger partial charge in [0.1, 0.15) is 12.4 Å². The van der Waals surface area contributed by atoms with Crippen LogP contribution < -0.4 is 5.32 Å². The lowest BCUT2D eigenvalue weighted by Crippen LogP contribution is -2.19. The Morgan fingerprint density at radius 3 is 2.34 bits per heavy atom. The maximum atomic E-state index is 12.7. The van der Waals surface area contributed by atoms with Gasteiger partial charge in [0.2, 0.25) is 5.91 Å². The number of para-hydroxylation sites is 2. The fourth-order valence-corrected chi connectivity index (χ4v) is 3.22. The minimum atomic E-state index is -1.01. The van der Waals surface area contributed by atoms with Crippen molar-refractivity contribution >= 4 is 40.2 Å².